The third kappa shape index (κ3) is 11.5. The number of carbonyl (C=O) groups excluding carboxylic acids is 5. The molecule has 4 aliphatic rings. The minimum Gasteiger partial charge on any atom is -0.353 e. The van der Waals surface area contributed by atoms with Gasteiger partial charge < -0.3 is 20.0 Å². The molecular weight excluding hydrogens is 761 g/mol. The van der Waals surface area contributed by atoms with Gasteiger partial charge in [0.05, 0.1) is 0 Å². The molecule has 2 N–H and O–H groups in total. The normalized spacial score (nSPS) is 19.3. The van der Waals surface area contributed by atoms with E-state index < -0.39 is 6.04 Å². The summed E-state index contributed by atoms with van der Waals surface area (Å²) in [7, 11) is 0. The molecule has 4 aliphatic heterocycles. The number of thioether (sulfide) groups is 1. The Morgan fingerprint density at radius 2 is 1.68 bits per heavy atom. The van der Waals surface area contributed by atoms with Crippen molar-refractivity contribution in [1.82, 2.24) is 30.3 Å². The Kier molecular flexibility index (Phi) is 15.0. The van der Waals surface area contributed by atoms with Crippen LogP contribution in [0.2, 0.25) is 0 Å². The van der Waals surface area contributed by atoms with Crippen molar-refractivity contribution in [3.63, 3.8) is 0 Å². The van der Waals surface area contributed by atoms with Gasteiger partial charge in [-0.2, -0.15) is 0 Å². The summed E-state index contributed by atoms with van der Waals surface area (Å²) in [6, 6.07) is 17.4. The van der Waals surface area contributed by atoms with Gasteiger partial charge in [-0.1, -0.05) is 43.5 Å². The van der Waals surface area contributed by atoms with Crippen LogP contribution in [-0.4, -0.2) is 100 Å². The van der Waals surface area contributed by atoms with Gasteiger partial charge in [0, 0.05) is 67.1 Å². The standard InChI is InChI=1S/C47H58N6O5S/c54-43(18-12-35-9-7-24-48-32-35)49-25-3-2-8-34-20-29-52(30-21-34)46(57)38-15-13-36(14-16-38)37-22-27-51(28-23-37)26-4-1-5-31-59-42-11-6-10-39-40(42)33-53(47(39)58)41-17-19-44(55)50-45(41)56/h6-7,9-16,18,24,32,34,37,41H,1-5,8,17,19-23,25-31,33H2,(H,49,54)(H,50,55,56)/b18-12+. The van der Waals surface area contributed by atoms with Gasteiger partial charge in [-0.15, -0.1) is 11.8 Å². The van der Waals surface area contributed by atoms with Crippen LogP contribution in [0.5, 0.6) is 0 Å². The molecule has 59 heavy (non-hydrogen) atoms. The molecule has 5 amide bonds. The van der Waals surface area contributed by atoms with E-state index in [-0.39, 0.29) is 36.0 Å². The highest BCUT2D eigenvalue weighted by Crippen LogP contribution is 2.35. The van der Waals surface area contributed by atoms with Crippen LogP contribution in [0, 0.1) is 5.92 Å². The maximum atomic E-state index is 13.4. The highest BCUT2D eigenvalue weighted by atomic mass is 32.2. The fourth-order valence-electron chi connectivity index (χ4n) is 8.96. The van der Waals surface area contributed by atoms with E-state index >= 15 is 0 Å². The van der Waals surface area contributed by atoms with Crippen molar-refractivity contribution >= 4 is 47.4 Å². The Labute approximate surface area is 352 Å². The summed E-state index contributed by atoms with van der Waals surface area (Å²) in [5, 5.41) is 5.35. The summed E-state index contributed by atoms with van der Waals surface area (Å²) in [6.07, 6.45) is 18.4. The van der Waals surface area contributed by atoms with E-state index in [1.54, 1.807) is 41.2 Å². The van der Waals surface area contributed by atoms with Crippen molar-refractivity contribution in [2.45, 2.75) is 100 Å². The summed E-state index contributed by atoms with van der Waals surface area (Å²) in [5.74, 6) is 1.45. The van der Waals surface area contributed by atoms with Crippen molar-refractivity contribution in [2.75, 3.05) is 45.0 Å². The van der Waals surface area contributed by atoms with Gasteiger partial charge in [-0.25, -0.2) is 0 Å². The first-order chi connectivity index (χ1) is 28.8. The number of piperidine rings is 3. The Morgan fingerprint density at radius 3 is 2.44 bits per heavy atom. The molecule has 2 aromatic carbocycles. The Balaban J connectivity index is 0.736. The minimum absolute atomic E-state index is 0.0798. The molecular formula is C47H58N6O5S. The maximum Gasteiger partial charge on any atom is 0.255 e. The van der Waals surface area contributed by atoms with Crippen LogP contribution in [-0.2, 0) is 20.9 Å². The Hall–Kier alpha value is -4.81. The second-order valence-corrected chi connectivity index (χ2v) is 17.6. The van der Waals surface area contributed by atoms with Crippen molar-refractivity contribution < 1.29 is 24.0 Å². The van der Waals surface area contributed by atoms with E-state index in [0.717, 1.165) is 118 Å². The van der Waals surface area contributed by atoms with Gasteiger partial charge in [-0.05, 0) is 142 Å². The fourth-order valence-corrected chi connectivity index (χ4v) is 10.1. The summed E-state index contributed by atoms with van der Waals surface area (Å²) in [5.41, 5.74) is 4.71. The SMILES string of the molecule is O=C(/C=C/c1cccnc1)NCCCCC1CCN(C(=O)c2ccc(C3CCN(CCCCCSc4cccc5c4CN(C4CCC(=O)NC4=O)C5=O)CC3)cc2)CC1. The molecule has 312 valence electrons. The number of fused-ring (bicyclic) bond motifs is 1. The van der Waals surface area contributed by atoms with Crippen molar-refractivity contribution in [3.8, 4) is 0 Å². The summed E-state index contributed by atoms with van der Waals surface area (Å²) in [4.78, 5) is 74.0. The number of benzene rings is 2. The molecule has 3 saturated heterocycles. The molecule has 12 heteroatoms. The predicted octanol–water partition coefficient (Wildman–Crippen LogP) is 6.84. The maximum absolute atomic E-state index is 13.4. The summed E-state index contributed by atoms with van der Waals surface area (Å²) >= 11 is 1.79. The van der Waals surface area contributed by atoms with Crippen LogP contribution in [0.15, 0.2) is 78.0 Å². The monoisotopic (exact) mass is 818 g/mol. The first kappa shape index (κ1) is 42.3. The van der Waals surface area contributed by atoms with Crippen molar-refractivity contribution in [2.24, 2.45) is 5.92 Å². The first-order valence-electron chi connectivity index (χ1n) is 21.7. The molecule has 3 fully saturated rings. The lowest BCUT2D eigenvalue weighted by Gasteiger charge is -2.33. The lowest BCUT2D eigenvalue weighted by molar-refractivity contribution is -0.137. The van der Waals surface area contributed by atoms with E-state index in [2.05, 4.69) is 38.7 Å². The fraction of sp³-hybridized carbons (Fsp3) is 0.489. The molecule has 5 heterocycles. The van der Waals surface area contributed by atoms with Crippen LogP contribution in [0.1, 0.15) is 120 Å². The van der Waals surface area contributed by atoms with Crippen molar-refractivity contribution in [3.05, 3.63) is 101 Å². The zero-order chi connectivity index (χ0) is 41.0. The number of rotatable bonds is 17. The second kappa shape index (κ2) is 20.9. The van der Waals surface area contributed by atoms with Gasteiger partial charge in [-0.3, -0.25) is 34.3 Å². The molecule has 7 rings (SSSR count). The van der Waals surface area contributed by atoms with Gasteiger partial charge in [0.15, 0.2) is 0 Å². The lowest BCUT2D eigenvalue weighted by atomic mass is 9.88. The Bertz CT molecular complexity index is 1960. The molecule has 0 spiro atoms. The van der Waals surface area contributed by atoms with Crippen LogP contribution < -0.4 is 10.6 Å². The van der Waals surface area contributed by atoms with E-state index in [9.17, 15) is 24.0 Å². The Morgan fingerprint density at radius 1 is 0.864 bits per heavy atom. The molecule has 1 aromatic heterocycles. The number of pyridine rings is 1. The minimum atomic E-state index is -0.587. The molecule has 3 aromatic rings. The summed E-state index contributed by atoms with van der Waals surface area (Å²) in [6.45, 7) is 6.02. The molecule has 0 bridgehead atoms. The number of hydrogen-bond acceptors (Lipinski definition) is 8. The molecule has 1 unspecified atom stereocenters. The van der Waals surface area contributed by atoms with Crippen LogP contribution >= 0.6 is 11.8 Å². The molecule has 11 nitrogen and oxygen atoms in total. The van der Waals surface area contributed by atoms with Gasteiger partial charge in [0.1, 0.15) is 6.04 Å². The van der Waals surface area contributed by atoms with Crippen molar-refractivity contribution in [1.29, 1.82) is 0 Å². The van der Waals surface area contributed by atoms with E-state index in [1.165, 1.54) is 12.0 Å². The average molecular weight is 819 g/mol. The third-order valence-electron chi connectivity index (χ3n) is 12.5. The molecule has 0 radical (unpaired) electrons. The second-order valence-electron chi connectivity index (χ2n) is 16.5. The number of imide groups is 1. The van der Waals surface area contributed by atoms with E-state index in [0.29, 0.717) is 36.9 Å². The predicted molar refractivity (Wildman–Crippen MR) is 231 cm³/mol. The zero-order valence-electron chi connectivity index (χ0n) is 34.1. The molecule has 0 aliphatic carbocycles. The summed E-state index contributed by atoms with van der Waals surface area (Å²) < 4.78 is 0. The highest BCUT2D eigenvalue weighted by Gasteiger charge is 2.39. The number of nitrogens with zero attached hydrogens (tertiary/aromatic N) is 4. The van der Waals surface area contributed by atoms with Crippen LogP contribution in [0.3, 0.4) is 0 Å². The molecule has 1 atom stereocenters. The largest absolute Gasteiger partial charge is 0.353 e. The number of unbranched alkanes of at least 4 members (excludes halogenated alkanes) is 3. The lowest BCUT2D eigenvalue weighted by Crippen LogP contribution is -2.52. The van der Waals surface area contributed by atoms with Crippen LogP contribution in [0.4, 0.5) is 0 Å². The average Bonchev–Trinajstić information content (AvgIpc) is 3.60. The topological polar surface area (TPSA) is 132 Å². The van der Waals surface area contributed by atoms with E-state index in [1.807, 2.05) is 41.3 Å². The first-order valence-corrected chi connectivity index (χ1v) is 22.7. The van der Waals surface area contributed by atoms with Crippen LogP contribution in [0.25, 0.3) is 6.08 Å². The quantitative estimate of drug-likeness (QED) is 0.0656. The van der Waals surface area contributed by atoms with Gasteiger partial charge in [0.2, 0.25) is 17.7 Å². The highest BCUT2D eigenvalue weighted by molar-refractivity contribution is 7.99. The third-order valence-corrected chi connectivity index (χ3v) is 13.7. The number of hydrogen-bond donors (Lipinski definition) is 2. The number of aromatic nitrogens is 1. The number of carbonyl (C=O) groups is 5. The number of likely N-dealkylation sites (tertiary alicyclic amines) is 2. The number of amides is 5. The number of nitrogens with one attached hydrogen (secondary N) is 2. The van der Waals surface area contributed by atoms with Gasteiger partial charge in [0.25, 0.3) is 11.8 Å². The van der Waals surface area contributed by atoms with E-state index in [4.69, 9.17) is 0 Å². The molecule has 0 saturated carbocycles. The zero-order valence-corrected chi connectivity index (χ0v) is 34.9. The van der Waals surface area contributed by atoms with Gasteiger partial charge >= 0.3 is 0 Å². The smallest absolute Gasteiger partial charge is 0.255 e.